The molecular weight excluding hydrogens is 293 g/mol. The summed E-state index contributed by atoms with van der Waals surface area (Å²) in [5.74, 6) is -1.45. The van der Waals surface area contributed by atoms with E-state index in [4.69, 9.17) is 22.1 Å². The van der Waals surface area contributed by atoms with Crippen LogP contribution in [0, 0.1) is 5.92 Å². The van der Waals surface area contributed by atoms with Gasteiger partial charge < -0.3 is 10.5 Å². The van der Waals surface area contributed by atoms with Gasteiger partial charge in [-0.15, -0.1) is 0 Å². The summed E-state index contributed by atoms with van der Waals surface area (Å²) in [7, 11) is 0. The van der Waals surface area contributed by atoms with Crippen molar-refractivity contribution in [2.45, 2.75) is 6.18 Å². The van der Waals surface area contributed by atoms with Gasteiger partial charge in [0.15, 0.2) is 0 Å². The van der Waals surface area contributed by atoms with Crippen molar-refractivity contribution in [2.75, 3.05) is 13.2 Å². The van der Waals surface area contributed by atoms with Crippen LogP contribution in [0.25, 0.3) is 10.9 Å². The number of rotatable bonds is 4. The number of alkyl halides is 3. The van der Waals surface area contributed by atoms with Gasteiger partial charge in [0.25, 0.3) is 0 Å². The highest BCUT2D eigenvalue weighted by atomic mass is 35.5. The van der Waals surface area contributed by atoms with Gasteiger partial charge in [-0.05, 0) is 24.3 Å². The molecule has 0 bridgehead atoms. The zero-order chi connectivity index (χ0) is 14.8. The molecule has 1 unspecified atom stereocenters. The van der Waals surface area contributed by atoms with Crippen LogP contribution >= 0.6 is 11.6 Å². The highest BCUT2D eigenvalue weighted by Gasteiger charge is 2.39. The van der Waals surface area contributed by atoms with Crippen molar-refractivity contribution in [1.29, 1.82) is 0 Å². The molecule has 0 saturated heterocycles. The van der Waals surface area contributed by atoms with E-state index in [1.165, 1.54) is 12.3 Å². The molecule has 1 aromatic carbocycles. The predicted octanol–water partition coefficient (Wildman–Crippen LogP) is 3.40. The second-order valence-corrected chi connectivity index (χ2v) is 4.64. The Kier molecular flexibility index (Phi) is 4.35. The Morgan fingerprint density at radius 3 is 2.70 bits per heavy atom. The predicted molar refractivity (Wildman–Crippen MR) is 70.8 cm³/mol. The number of nitrogens with two attached hydrogens (primary N) is 1. The Balaban J connectivity index is 2.25. The van der Waals surface area contributed by atoms with Gasteiger partial charge in [-0.1, -0.05) is 11.6 Å². The third kappa shape index (κ3) is 3.13. The summed E-state index contributed by atoms with van der Waals surface area (Å²) in [6.07, 6.45) is -2.86. The number of pyridine rings is 1. The van der Waals surface area contributed by atoms with Gasteiger partial charge in [0.1, 0.15) is 23.8 Å². The first-order valence-electron chi connectivity index (χ1n) is 5.86. The second-order valence-electron chi connectivity index (χ2n) is 4.23. The molecule has 2 aromatic rings. The number of benzene rings is 1. The van der Waals surface area contributed by atoms with E-state index in [2.05, 4.69) is 4.98 Å². The fourth-order valence-electron chi connectivity index (χ4n) is 1.71. The summed E-state index contributed by atoms with van der Waals surface area (Å²) in [5, 5.41) is 1.09. The first-order chi connectivity index (χ1) is 9.43. The van der Waals surface area contributed by atoms with Gasteiger partial charge in [-0.2, -0.15) is 13.2 Å². The molecule has 0 spiro atoms. The SMILES string of the molecule is NCC(COc1ccc(Cl)c2cccnc12)C(F)(F)F. The lowest BCUT2D eigenvalue weighted by Crippen LogP contribution is -2.35. The van der Waals surface area contributed by atoms with Gasteiger partial charge >= 0.3 is 6.18 Å². The Hall–Kier alpha value is -1.53. The van der Waals surface area contributed by atoms with Crippen LogP contribution in [0.15, 0.2) is 30.5 Å². The second kappa shape index (κ2) is 5.85. The van der Waals surface area contributed by atoms with Gasteiger partial charge in [-0.3, -0.25) is 4.98 Å². The molecule has 0 saturated carbocycles. The molecule has 108 valence electrons. The molecule has 2 N–H and O–H groups in total. The van der Waals surface area contributed by atoms with Crippen molar-refractivity contribution in [2.24, 2.45) is 11.7 Å². The summed E-state index contributed by atoms with van der Waals surface area (Å²) >= 11 is 6.00. The molecule has 1 heterocycles. The van der Waals surface area contributed by atoms with Gasteiger partial charge in [0.2, 0.25) is 0 Å². The fraction of sp³-hybridized carbons (Fsp3) is 0.308. The molecule has 0 radical (unpaired) electrons. The van der Waals surface area contributed by atoms with Crippen LogP contribution in [0.1, 0.15) is 0 Å². The molecule has 0 amide bonds. The minimum atomic E-state index is -4.38. The maximum Gasteiger partial charge on any atom is 0.396 e. The van der Waals surface area contributed by atoms with E-state index in [0.717, 1.165) is 0 Å². The molecule has 1 atom stereocenters. The molecule has 2 rings (SSSR count). The van der Waals surface area contributed by atoms with Crippen LogP contribution in [0.4, 0.5) is 13.2 Å². The average molecular weight is 305 g/mol. The number of nitrogens with zero attached hydrogens (tertiary/aromatic N) is 1. The van der Waals surface area contributed by atoms with Crippen molar-refractivity contribution >= 4 is 22.5 Å². The topological polar surface area (TPSA) is 48.1 Å². The summed E-state index contributed by atoms with van der Waals surface area (Å²) < 4.78 is 43.0. The Labute approximate surface area is 118 Å². The molecule has 1 aromatic heterocycles. The van der Waals surface area contributed by atoms with Gasteiger partial charge in [0, 0.05) is 18.1 Å². The van der Waals surface area contributed by atoms with Crippen molar-refractivity contribution in [1.82, 2.24) is 4.98 Å². The average Bonchev–Trinajstić information content (AvgIpc) is 2.40. The summed E-state index contributed by atoms with van der Waals surface area (Å²) in [6, 6.07) is 6.48. The lowest BCUT2D eigenvalue weighted by Gasteiger charge is -2.19. The van der Waals surface area contributed by atoms with Crippen molar-refractivity contribution in [3.63, 3.8) is 0 Å². The van der Waals surface area contributed by atoms with Crippen LogP contribution in [-0.2, 0) is 0 Å². The molecule has 0 aliphatic rings. The van der Waals surface area contributed by atoms with Crippen molar-refractivity contribution in [3.8, 4) is 5.75 Å². The zero-order valence-electron chi connectivity index (χ0n) is 10.3. The van der Waals surface area contributed by atoms with Crippen LogP contribution in [0.2, 0.25) is 5.02 Å². The molecular formula is C13H12ClF3N2O. The van der Waals surface area contributed by atoms with Crippen LogP contribution in [0.3, 0.4) is 0 Å². The Bertz CT molecular complexity index is 604. The van der Waals surface area contributed by atoms with Crippen LogP contribution < -0.4 is 10.5 Å². The molecule has 0 aliphatic carbocycles. The normalized spacial score (nSPS) is 13.4. The minimum Gasteiger partial charge on any atom is -0.491 e. The molecule has 3 nitrogen and oxygen atoms in total. The number of ether oxygens (including phenoxy) is 1. The quantitative estimate of drug-likeness (QED) is 0.941. The number of hydrogen-bond donors (Lipinski definition) is 1. The fourth-order valence-corrected chi connectivity index (χ4v) is 1.93. The number of hydrogen-bond acceptors (Lipinski definition) is 3. The standard InChI is InChI=1S/C13H12ClF3N2O/c14-10-3-4-11(12-9(10)2-1-5-19-12)20-7-8(6-18)13(15,16)17/h1-5,8H,6-7,18H2. The van der Waals surface area contributed by atoms with E-state index in [1.54, 1.807) is 18.2 Å². The minimum absolute atomic E-state index is 0.257. The van der Waals surface area contributed by atoms with Crippen LogP contribution in [-0.4, -0.2) is 24.3 Å². The summed E-state index contributed by atoms with van der Waals surface area (Å²) in [6.45, 7) is -1.07. The van der Waals surface area contributed by atoms with E-state index in [0.29, 0.717) is 15.9 Å². The lowest BCUT2D eigenvalue weighted by molar-refractivity contribution is -0.178. The van der Waals surface area contributed by atoms with Gasteiger partial charge in [-0.25, -0.2) is 0 Å². The van der Waals surface area contributed by atoms with Gasteiger partial charge in [0.05, 0.1) is 5.02 Å². The third-order valence-electron chi connectivity index (χ3n) is 2.87. The van der Waals surface area contributed by atoms with Crippen molar-refractivity contribution in [3.05, 3.63) is 35.5 Å². The number of halogens is 4. The van der Waals surface area contributed by atoms with E-state index >= 15 is 0 Å². The van der Waals surface area contributed by atoms with Crippen molar-refractivity contribution < 1.29 is 17.9 Å². The van der Waals surface area contributed by atoms with E-state index < -0.39 is 25.2 Å². The largest absolute Gasteiger partial charge is 0.491 e. The summed E-state index contributed by atoms with van der Waals surface area (Å²) in [5.41, 5.74) is 5.55. The highest BCUT2D eigenvalue weighted by Crippen LogP contribution is 2.31. The number of fused-ring (bicyclic) bond motifs is 1. The molecule has 0 fully saturated rings. The zero-order valence-corrected chi connectivity index (χ0v) is 11.1. The summed E-state index contributed by atoms with van der Waals surface area (Å²) in [4.78, 5) is 4.09. The monoisotopic (exact) mass is 304 g/mol. The smallest absolute Gasteiger partial charge is 0.396 e. The third-order valence-corrected chi connectivity index (χ3v) is 3.20. The molecule has 7 heteroatoms. The van der Waals surface area contributed by atoms with E-state index in [9.17, 15) is 13.2 Å². The maximum atomic E-state index is 12.6. The Morgan fingerprint density at radius 2 is 2.05 bits per heavy atom. The first kappa shape index (κ1) is 14.9. The lowest BCUT2D eigenvalue weighted by atomic mass is 10.1. The van der Waals surface area contributed by atoms with E-state index in [-0.39, 0.29) is 5.75 Å². The van der Waals surface area contributed by atoms with Crippen LogP contribution in [0.5, 0.6) is 5.75 Å². The number of aromatic nitrogens is 1. The molecule has 20 heavy (non-hydrogen) atoms. The molecule has 0 aliphatic heterocycles. The maximum absolute atomic E-state index is 12.6. The Morgan fingerprint density at radius 1 is 1.30 bits per heavy atom. The highest BCUT2D eigenvalue weighted by molar-refractivity contribution is 6.35. The van der Waals surface area contributed by atoms with E-state index in [1.807, 2.05) is 0 Å². The first-order valence-corrected chi connectivity index (χ1v) is 6.24.